The van der Waals surface area contributed by atoms with E-state index in [2.05, 4.69) is 0 Å². The lowest BCUT2D eigenvalue weighted by Gasteiger charge is -2.28. The maximum Gasteiger partial charge on any atom is 0.414 e. The van der Waals surface area contributed by atoms with Crippen molar-refractivity contribution in [1.82, 2.24) is 0 Å². The zero-order valence-corrected chi connectivity index (χ0v) is 14.2. The third kappa shape index (κ3) is 3.59. The molecule has 1 atom stereocenters. The molecule has 2 aliphatic heterocycles. The van der Waals surface area contributed by atoms with Crippen molar-refractivity contribution in [3.63, 3.8) is 0 Å². The first-order valence-electron chi connectivity index (χ1n) is 8.10. The maximum absolute atomic E-state index is 14.6. The van der Waals surface area contributed by atoms with Gasteiger partial charge in [0.1, 0.15) is 11.8 Å². The summed E-state index contributed by atoms with van der Waals surface area (Å²) in [5, 5.41) is 0. The fraction of sp³-hybridized carbons (Fsp3) is 0.562. The minimum absolute atomic E-state index is 0.00594. The normalized spacial score (nSPS) is 22.3. The Morgan fingerprint density at radius 3 is 2.38 bits per heavy atom. The first-order chi connectivity index (χ1) is 11.6. The van der Waals surface area contributed by atoms with E-state index in [9.17, 15) is 13.6 Å². The summed E-state index contributed by atoms with van der Waals surface area (Å²) in [5.74, 6) is 0.694. The van der Waals surface area contributed by atoms with E-state index < -0.39 is 23.8 Å². The van der Waals surface area contributed by atoms with Crippen LogP contribution in [-0.2, 0) is 4.74 Å². The number of benzene rings is 1. The minimum Gasteiger partial charge on any atom is -0.443 e. The molecule has 2 saturated heterocycles. The van der Waals surface area contributed by atoms with Gasteiger partial charge in [0.15, 0.2) is 11.6 Å². The van der Waals surface area contributed by atoms with Crippen LogP contribution in [0.2, 0.25) is 0 Å². The van der Waals surface area contributed by atoms with Crippen molar-refractivity contribution in [2.24, 2.45) is 5.73 Å². The van der Waals surface area contributed by atoms with E-state index in [1.54, 1.807) is 4.90 Å². The number of thioether (sulfide) groups is 1. The molecule has 3 rings (SSSR count). The van der Waals surface area contributed by atoms with Crippen molar-refractivity contribution >= 4 is 29.2 Å². The number of cyclic esters (lactones) is 1. The minimum atomic E-state index is -0.651. The Kier molecular flexibility index (Phi) is 5.45. The van der Waals surface area contributed by atoms with Gasteiger partial charge in [0.05, 0.1) is 12.2 Å². The Bertz CT molecular complexity index is 586. The van der Waals surface area contributed by atoms with Crippen molar-refractivity contribution < 1.29 is 18.3 Å². The quantitative estimate of drug-likeness (QED) is 0.901. The number of nitrogens with zero attached hydrogens (tertiary/aromatic N) is 2. The molecule has 1 amide bonds. The van der Waals surface area contributed by atoms with Crippen LogP contribution >= 0.6 is 11.8 Å². The molecular formula is C16H21F2N3O2S. The average Bonchev–Trinajstić information content (AvgIpc) is 2.89. The summed E-state index contributed by atoms with van der Waals surface area (Å²) in [6.07, 6.45) is 0.708. The Balaban J connectivity index is 1.84. The summed E-state index contributed by atoms with van der Waals surface area (Å²) < 4.78 is 34.2. The summed E-state index contributed by atoms with van der Waals surface area (Å²) in [6.45, 7) is 1.63. The number of hydrogen-bond donors (Lipinski definition) is 1. The molecule has 132 valence electrons. The molecule has 0 radical (unpaired) electrons. The summed E-state index contributed by atoms with van der Waals surface area (Å²) in [5.41, 5.74) is 5.64. The average molecular weight is 357 g/mol. The SMILES string of the molecule is NCC1CN(c2cc(F)c(N3CCCSCCC3)c(F)c2)C(=O)O1. The molecule has 1 aromatic rings. The highest BCUT2D eigenvalue weighted by Crippen LogP contribution is 2.31. The van der Waals surface area contributed by atoms with Gasteiger partial charge in [-0.1, -0.05) is 0 Å². The van der Waals surface area contributed by atoms with Crippen LogP contribution in [0, 0.1) is 11.6 Å². The Morgan fingerprint density at radius 1 is 1.21 bits per heavy atom. The number of nitrogens with two attached hydrogens (primary N) is 1. The number of amides is 1. The lowest BCUT2D eigenvalue weighted by atomic mass is 10.2. The molecule has 1 unspecified atom stereocenters. The Hall–Kier alpha value is -1.54. The first kappa shape index (κ1) is 17.3. The highest BCUT2D eigenvalue weighted by atomic mass is 32.2. The number of carbonyl (C=O) groups excluding carboxylic acids is 1. The maximum atomic E-state index is 14.6. The van der Waals surface area contributed by atoms with E-state index >= 15 is 0 Å². The standard InChI is InChI=1S/C16H21F2N3O2S/c17-13-7-11(21-10-12(9-19)23-16(21)22)8-14(18)15(13)20-3-1-5-24-6-2-4-20/h7-8,12H,1-6,9-10,19H2. The van der Waals surface area contributed by atoms with Gasteiger partial charge in [0, 0.05) is 31.8 Å². The van der Waals surface area contributed by atoms with E-state index in [4.69, 9.17) is 10.5 Å². The molecule has 0 aromatic heterocycles. The molecule has 2 aliphatic rings. The molecule has 5 nitrogen and oxygen atoms in total. The van der Waals surface area contributed by atoms with Crippen molar-refractivity contribution in [3.8, 4) is 0 Å². The first-order valence-corrected chi connectivity index (χ1v) is 9.25. The van der Waals surface area contributed by atoms with Crippen LogP contribution in [0.4, 0.5) is 25.0 Å². The Labute approximate surface area is 144 Å². The smallest absolute Gasteiger partial charge is 0.414 e. The number of ether oxygens (including phenoxy) is 1. The van der Waals surface area contributed by atoms with E-state index in [0.29, 0.717) is 13.1 Å². The highest BCUT2D eigenvalue weighted by molar-refractivity contribution is 7.99. The fourth-order valence-electron chi connectivity index (χ4n) is 3.02. The molecule has 8 heteroatoms. The monoisotopic (exact) mass is 357 g/mol. The number of carbonyl (C=O) groups is 1. The third-order valence-electron chi connectivity index (χ3n) is 4.20. The van der Waals surface area contributed by atoms with Crippen LogP contribution < -0.4 is 15.5 Å². The molecule has 2 heterocycles. The van der Waals surface area contributed by atoms with Gasteiger partial charge in [-0.2, -0.15) is 11.8 Å². The van der Waals surface area contributed by atoms with Gasteiger partial charge in [-0.15, -0.1) is 0 Å². The summed E-state index contributed by atoms with van der Waals surface area (Å²) in [6, 6.07) is 2.40. The predicted octanol–water partition coefficient (Wildman–Crippen LogP) is 2.58. The molecular weight excluding hydrogens is 336 g/mol. The van der Waals surface area contributed by atoms with Gasteiger partial charge >= 0.3 is 6.09 Å². The zero-order chi connectivity index (χ0) is 17.1. The molecule has 0 bridgehead atoms. The van der Waals surface area contributed by atoms with Gasteiger partial charge in [-0.25, -0.2) is 13.6 Å². The van der Waals surface area contributed by atoms with Crippen LogP contribution in [0.5, 0.6) is 0 Å². The topological polar surface area (TPSA) is 58.8 Å². The van der Waals surface area contributed by atoms with Crippen LogP contribution in [0.25, 0.3) is 0 Å². The molecule has 2 N–H and O–H groups in total. The van der Waals surface area contributed by atoms with Crippen LogP contribution in [0.15, 0.2) is 12.1 Å². The second-order valence-corrected chi connectivity index (χ2v) is 7.14. The second kappa shape index (κ2) is 7.57. The summed E-state index contributed by atoms with van der Waals surface area (Å²) in [7, 11) is 0. The lowest BCUT2D eigenvalue weighted by molar-refractivity contribution is 0.145. The van der Waals surface area contributed by atoms with Crippen LogP contribution in [0.1, 0.15) is 12.8 Å². The molecule has 24 heavy (non-hydrogen) atoms. The van der Waals surface area contributed by atoms with E-state index in [1.165, 1.54) is 17.0 Å². The van der Waals surface area contributed by atoms with E-state index in [0.717, 1.165) is 24.3 Å². The fourth-order valence-corrected chi connectivity index (χ4v) is 3.89. The zero-order valence-electron chi connectivity index (χ0n) is 13.3. The largest absolute Gasteiger partial charge is 0.443 e. The summed E-state index contributed by atoms with van der Waals surface area (Å²) in [4.78, 5) is 14.8. The van der Waals surface area contributed by atoms with E-state index in [1.807, 2.05) is 11.8 Å². The van der Waals surface area contributed by atoms with Crippen molar-refractivity contribution in [3.05, 3.63) is 23.8 Å². The van der Waals surface area contributed by atoms with Gasteiger partial charge in [-0.05, 0) is 24.3 Å². The van der Waals surface area contributed by atoms with Gasteiger partial charge in [0.2, 0.25) is 0 Å². The molecule has 1 aromatic carbocycles. The Morgan fingerprint density at radius 2 is 1.83 bits per heavy atom. The highest BCUT2D eigenvalue weighted by Gasteiger charge is 2.32. The van der Waals surface area contributed by atoms with Gasteiger partial charge in [-0.3, -0.25) is 4.90 Å². The number of hydrogen-bond acceptors (Lipinski definition) is 5. The second-order valence-electron chi connectivity index (χ2n) is 5.92. The summed E-state index contributed by atoms with van der Waals surface area (Å²) >= 11 is 1.87. The van der Waals surface area contributed by atoms with Gasteiger partial charge in [0.25, 0.3) is 0 Å². The molecule has 0 aliphatic carbocycles. The number of rotatable bonds is 3. The predicted molar refractivity (Wildman–Crippen MR) is 91.8 cm³/mol. The van der Waals surface area contributed by atoms with Crippen molar-refractivity contribution in [2.45, 2.75) is 18.9 Å². The number of anilines is 2. The molecule has 0 spiro atoms. The van der Waals surface area contributed by atoms with E-state index in [-0.39, 0.29) is 24.5 Å². The van der Waals surface area contributed by atoms with Crippen LogP contribution in [-0.4, -0.2) is 49.9 Å². The molecule has 2 fully saturated rings. The third-order valence-corrected chi connectivity index (χ3v) is 5.35. The molecule has 0 saturated carbocycles. The van der Waals surface area contributed by atoms with Crippen molar-refractivity contribution in [2.75, 3.05) is 47.5 Å². The van der Waals surface area contributed by atoms with Crippen molar-refractivity contribution in [1.29, 1.82) is 0 Å². The number of halogens is 2. The van der Waals surface area contributed by atoms with Crippen LogP contribution in [0.3, 0.4) is 0 Å². The lowest BCUT2D eigenvalue weighted by Crippen LogP contribution is -2.30. The van der Waals surface area contributed by atoms with Gasteiger partial charge < -0.3 is 15.4 Å².